The Balaban J connectivity index is 1.77. The summed E-state index contributed by atoms with van der Waals surface area (Å²) in [5, 5.41) is 6.04. The average Bonchev–Trinajstić information content (AvgIpc) is 2.58. The Labute approximate surface area is 135 Å². The SMILES string of the molecule is O=C(NC1CCCCC1)c1ccncc1Nc1ccccc1F. The van der Waals surface area contributed by atoms with Crippen LogP contribution >= 0.6 is 0 Å². The summed E-state index contributed by atoms with van der Waals surface area (Å²) < 4.78 is 13.8. The lowest BCUT2D eigenvalue weighted by molar-refractivity contribution is 0.0928. The summed E-state index contributed by atoms with van der Waals surface area (Å²) in [6.07, 6.45) is 8.70. The van der Waals surface area contributed by atoms with Crippen molar-refractivity contribution in [1.82, 2.24) is 10.3 Å². The molecule has 0 spiro atoms. The number of carbonyl (C=O) groups is 1. The molecule has 0 saturated heterocycles. The lowest BCUT2D eigenvalue weighted by atomic mass is 9.95. The van der Waals surface area contributed by atoms with E-state index in [0.717, 1.165) is 25.7 Å². The normalized spacial score (nSPS) is 15.2. The van der Waals surface area contributed by atoms with E-state index in [1.807, 2.05) is 0 Å². The van der Waals surface area contributed by atoms with Gasteiger partial charge in [0.2, 0.25) is 0 Å². The number of nitrogens with zero attached hydrogens (tertiary/aromatic N) is 1. The molecule has 1 aromatic carbocycles. The Bertz CT molecular complexity index is 683. The van der Waals surface area contributed by atoms with E-state index in [4.69, 9.17) is 0 Å². The number of anilines is 2. The molecule has 0 atom stereocenters. The van der Waals surface area contributed by atoms with Gasteiger partial charge < -0.3 is 10.6 Å². The van der Waals surface area contributed by atoms with E-state index in [0.29, 0.717) is 16.9 Å². The van der Waals surface area contributed by atoms with Crippen molar-refractivity contribution < 1.29 is 9.18 Å². The zero-order chi connectivity index (χ0) is 16.1. The Morgan fingerprint density at radius 1 is 1.09 bits per heavy atom. The molecule has 1 saturated carbocycles. The predicted octanol–water partition coefficient (Wildman–Crippen LogP) is 4.03. The number of benzene rings is 1. The van der Waals surface area contributed by atoms with Gasteiger partial charge in [0, 0.05) is 12.2 Å². The molecule has 1 aliphatic rings. The maximum atomic E-state index is 13.8. The monoisotopic (exact) mass is 313 g/mol. The van der Waals surface area contributed by atoms with E-state index < -0.39 is 0 Å². The summed E-state index contributed by atoms with van der Waals surface area (Å²) in [7, 11) is 0. The van der Waals surface area contributed by atoms with Gasteiger partial charge in [0.05, 0.1) is 23.1 Å². The van der Waals surface area contributed by atoms with Crippen molar-refractivity contribution in [2.45, 2.75) is 38.1 Å². The molecule has 1 heterocycles. The summed E-state index contributed by atoms with van der Waals surface area (Å²) in [5.74, 6) is -0.506. The number of amides is 1. The van der Waals surface area contributed by atoms with Gasteiger partial charge in [-0.25, -0.2) is 4.39 Å². The van der Waals surface area contributed by atoms with E-state index in [1.165, 1.54) is 12.5 Å². The molecule has 0 aliphatic heterocycles. The van der Waals surface area contributed by atoms with E-state index in [9.17, 15) is 9.18 Å². The molecular weight excluding hydrogens is 293 g/mol. The Kier molecular flexibility index (Phi) is 4.86. The van der Waals surface area contributed by atoms with Crippen LogP contribution in [-0.4, -0.2) is 16.9 Å². The van der Waals surface area contributed by atoms with Crippen LogP contribution in [0.3, 0.4) is 0 Å². The third kappa shape index (κ3) is 3.86. The van der Waals surface area contributed by atoms with Crippen LogP contribution in [0, 0.1) is 5.82 Å². The van der Waals surface area contributed by atoms with Crippen molar-refractivity contribution in [2.24, 2.45) is 0 Å². The third-order valence-electron chi connectivity index (χ3n) is 4.15. The quantitative estimate of drug-likeness (QED) is 0.896. The molecule has 1 amide bonds. The van der Waals surface area contributed by atoms with E-state index in [1.54, 1.807) is 36.7 Å². The Morgan fingerprint density at radius 3 is 2.65 bits per heavy atom. The van der Waals surface area contributed by atoms with E-state index >= 15 is 0 Å². The predicted molar refractivity (Wildman–Crippen MR) is 88.3 cm³/mol. The highest BCUT2D eigenvalue weighted by Crippen LogP contribution is 2.23. The first kappa shape index (κ1) is 15.5. The summed E-state index contributed by atoms with van der Waals surface area (Å²) >= 11 is 0. The van der Waals surface area contributed by atoms with Gasteiger partial charge in [0.1, 0.15) is 5.82 Å². The van der Waals surface area contributed by atoms with E-state index in [-0.39, 0.29) is 17.8 Å². The molecule has 2 N–H and O–H groups in total. The smallest absolute Gasteiger partial charge is 0.253 e. The summed E-state index contributed by atoms with van der Waals surface area (Å²) in [5.41, 5.74) is 1.31. The van der Waals surface area contributed by atoms with Gasteiger partial charge in [-0.15, -0.1) is 0 Å². The topological polar surface area (TPSA) is 54.0 Å². The first-order valence-corrected chi connectivity index (χ1v) is 8.00. The van der Waals surface area contributed by atoms with Crippen LogP contribution in [0.5, 0.6) is 0 Å². The molecule has 5 heteroatoms. The second-order valence-corrected chi connectivity index (χ2v) is 5.83. The van der Waals surface area contributed by atoms with Crippen LogP contribution < -0.4 is 10.6 Å². The molecule has 0 bridgehead atoms. The van der Waals surface area contributed by atoms with Gasteiger partial charge in [-0.2, -0.15) is 0 Å². The second kappa shape index (κ2) is 7.22. The number of halogens is 1. The molecule has 1 fully saturated rings. The zero-order valence-corrected chi connectivity index (χ0v) is 12.9. The van der Waals surface area contributed by atoms with Crippen LogP contribution in [0.1, 0.15) is 42.5 Å². The molecule has 23 heavy (non-hydrogen) atoms. The van der Waals surface area contributed by atoms with Crippen molar-refractivity contribution in [1.29, 1.82) is 0 Å². The molecule has 1 aromatic heterocycles. The fraction of sp³-hybridized carbons (Fsp3) is 0.333. The summed E-state index contributed by atoms with van der Waals surface area (Å²) in [6.45, 7) is 0. The van der Waals surface area contributed by atoms with Crippen molar-refractivity contribution in [3.63, 3.8) is 0 Å². The summed E-state index contributed by atoms with van der Waals surface area (Å²) in [4.78, 5) is 16.6. The van der Waals surface area contributed by atoms with Crippen molar-refractivity contribution in [3.8, 4) is 0 Å². The second-order valence-electron chi connectivity index (χ2n) is 5.83. The lowest BCUT2D eigenvalue weighted by Crippen LogP contribution is -2.36. The number of para-hydroxylation sites is 1. The Hall–Kier alpha value is -2.43. The molecule has 0 unspecified atom stereocenters. The van der Waals surface area contributed by atoms with Crippen molar-refractivity contribution >= 4 is 17.3 Å². The number of pyridine rings is 1. The number of nitrogens with one attached hydrogen (secondary N) is 2. The molecule has 4 nitrogen and oxygen atoms in total. The fourth-order valence-corrected chi connectivity index (χ4v) is 2.91. The maximum Gasteiger partial charge on any atom is 0.253 e. The minimum atomic E-state index is -0.366. The fourth-order valence-electron chi connectivity index (χ4n) is 2.91. The van der Waals surface area contributed by atoms with Gasteiger partial charge in [0.15, 0.2) is 0 Å². The van der Waals surface area contributed by atoms with Gasteiger partial charge >= 0.3 is 0 Å². The first-order valence-electron chi connectivity index (χ1n) is 8.00. The number of rotatable bonds is 4. The van der Waals surface area contributed by atoms with Gasteiger partial charge in [-0.1, -0.05) is 31.4 Å². The molecule has 0 radical (unpaired) electrons. The third-order valence-corrected chi connectivity index (χ3v) is 4.15. The van der Waals surface area contributed by atoms with Crippen molar-refractivity contribution in [2.75, 3.05) is 5.32 Å². The molecule has 120 valence electrons. The van der Waals surface area contributed by atoms with Crippen LogP contribution in [0.25, 0.3) is 0 Å². The number of carbonyl (C=O) groups excluding carboxylic acids is 1. The molecule has 3 rings (SSSR count). The number of hydrogen-bond acceptors (Lipinski definition) is 3. The van der Waals surface area contributed by atoms with Gasteiger partial charge in [0.25, 0.3) is 5.91 Å². The molecular formula is C18H20FN3O. The average molecular weight is 313 g/mol. The highest BCUT2D eigenvalue weighted by atomic mass is 19.1. The first-order chi connectivity index (χ1) is 11.2. The van der Waals surface area contributed by atoms with Crippen LogP contribution in [0.15, 0.2) is 42.7 Å². The minimum Gasteiger partial charge on any atom is -0.351 e. The zero-order valence-electron chi connectivity index (χ0n) is 12.9. The molecule has 1 aliphatic carbocycles. The van der Waals surface area contributed by atoms with Gasteiger partial charge in [-0.3, -0.25) is 9.78 Å². The summed E-state index contributed by atoms with van der Waals surface area (Å²) in [6, 6.07) is 8.25. The number of hydrogen-bond donors (Lipinski definition) is 2. The highest BCUT2D eigenvalue weighted by Gasteiger charge is 2.19. The van der Waals surface area contributed by atoms with Crippen LogP contribution in [0.2, 0.25) is 0 Å². The van der Waals surface area contributed by atoms with Gasteiger partial charge in [-0.05, 0) is 31.0 Å². The number of aromatic nitrogens is 1. The lowest BCUT2D eigenvalue weighted by Gasteiger charge is -2.23. The van der Waals surface area contributed by atoms with Crippen molar-refractivity contribution in [3.05, 3.63) is 54.1 Å². The largest absolute Gasteiger partial charge is 0.351 e. The maximum absolute atomic E-state index is 13.8. The Morgan fingerprint density at radius 2 is 1.87 bits per heavy atom. The van der Waals surface area contributed by atoms with Crippen LogP contribution in [-0.2, 0) is 0 Å². The van der Waals surface area contributed by atoms with Crippen LogP contribution in [0.4, 0.5) is 15.8 Å². The highest BCUT2D eigenvalue weighted by molar-refractivity contribution is 6.00. The van der Waals surface area contributed by atoms with E-state index in [2.05, 4.69) is 15.6 Å². The standard InChI is InChI=1S/C18H20FN3O/c19-15-8-4-5-9-16(15)22-17-12-20-11-10-14(17)18(23)21-13-6-2-1-3-7-13/h4-5,8-13,22H,1-3,6-7H2,(H,21,23). The molecule has 2 aromatic rings. The minimum absolute atomic E-state index is 0.141.